The predicted molar refractivity (Wildman–Crippen MR) is 73.1 cm³/mol. The summed E-state index contributed by atoms with van der Waals surface area (Å²) < 4.78 is 26.9. The molecule has 0 atom stereocenters. The second-order valence-corrected chi connectivity index (χ2v) is 7.14. The number of halogens is 1. The van der Waals surface area contributed by atoms with Gasteiger partial charge in [0.15, 0.2) is 0 Å². The third kappa shape index (κ3) is 2.63. The number of nitrogens with two attached hydrogens (primary N) is 1. The quantitative estimate of drug-likeness (QED) is 0.838. The smallest absolute Gasteiger partial charge is 0.240 e. The summed E-state index contributed by atoms with van der Waals surface area (Å²) in [6.07, 6.45) is 1.77. The number of rotatable bonds is 3. The molecule has 0 aromatic heterocycles. The maximum Gasteiger partial charge on any atom is 0.240 e. The lowest BCUT2D eigenvalue weighted by atomic mass is 9.83. The standard InChI is InChI=1S/C12H17ClN2O2S/c1-7-3-9(4-7)15-18(16,17)10-5-11(13)8(2)12(14)6-10/h5-7,9,15H,3-4,14H2,1-2H3. The summed E-state index contributed by atoms with van der Waals surface area (Å²) in [7, 11) is -3.52. The molecule has 100 valence electrons. The van der Waals surface area contributed by atoms with Gasteiger partial charge in [-0.3, -0.25) is 0 Å². The number of benzene rings is 1. The maximum atomic E-state index is 12.1. The molecule has 0 unspecified atom stereocenters. The topological polar surface area (TPSA) is 72.2 Å². The normalized spacial score (nSPS) is 23.7. The van der Waals surface area contributed by atoms with Crippen LogP contribution in [0.5, 0.6) is 0 Å². The summed E-state index contributed by atoms with van der Waals surface area (Å²) in [5, 5.41) is 0.373. The Kier molecular flexibility index (Phi) is 3.58. The molecule has 1 fully saturated rings. The van der Waals surface area contributed by atoms with Crippen molar-refractivity contribution in [3.8, 4) is 0 Å². The second-order valence-electron chi connectivity index (χ2n) is 5.01. The molecule has 0 radical (unpaired) electrons. The first-order valence-electron chi connectivity index (χ1n) is 5.87. The molecule has 0 spiro atoms. The van der Waals surface area contributed by atoms with Gasteiger partial charge >= 0.3 is 0 Å². The SMILES string of the molecule is Cc1c(N)cc(S(=O)(=O)NC2CC(C)C2)cc1Cl. The molecule has 3 N–H and O–H groups in total. The van der Waals surface area contributed by atoms with E-state index in [1.807, 2.05) is 0 Å². The molecule has 1 aliphatic carbocycles. The second kappa shape index (κ2) is 4.72. The summed E-state index contributed by atoms with van der Waals surface area (Å²) in [4.78, 5) is 0.134. The fourth-order valence-corrected chi connectivity index (χ4v) is 3.73. The van der Waals surface area contributed by atoms with E-state index in [1.165, 1.54) is 12.1 Å². The zero-order valence-corrected chi connectivity index (χ0v) is 12.0. The molecule has 0 aliphatic heterocycles. The highest BCUT2D eigenvalue weighted by Gasteiger charge is 2.30. The molecule has 0 saturated heterocycles. The van der Waals surface area contributed by atoms with Gasteiger partial charge in [0.25, 0.3) is 0 Å². The van der Waals surface area contributed by atoms with Crippen molar-refractivity contribution in [2.75, 3.05) is 5.73 Å². The zero-order valence-electron chi connectivity index (χ0n) is 10.4. The van der Waals surface area contributed by atoms with Crippen molar-refractivity contribution < 1.29 is 8.42 Å². The summed E-state index contributed by atoms with van der Waals surface area (Å²) >= 11 is 5.96. The van der Waals surface area contributed by atoms with Crippen LogP contribution in [0.1, 0.15) is 25.3 Å². The van der Waals surface area contributed by atoms with Crippen LogP contribution in [0.25, 0.3) is 0 Å². The molecule has 0 bridgehead atoms. The van der Waals surface area contributed by atoms with Gasteiger partial charge in [0.05, 0.1) is 4.90 Å². The van der Waals surface area contributed by atoms with Crippen LogP contribution in [-0.4, -0.2) is 14.5 Å². The van der Waals surface area contributed by atoms with E-state index < -0.39 is 10.0 Å². The van der Waals surface area contributed by atoms with Gasteiger partial charge < -0.3 is 5.73 Å². The van der Waals surface area contributed by atoms with E-state index in [0.717, 1.165) is 12.8 Å². The van der Waals surface area contributed by atoms with Gasteiger partial charge in [0.1, 0.15) is 0 Å². The van der Waals surface area contributed by atoms with E-state index in [-0.39, 0.29) is 10.9 Å². The number of hydrogen-bond donors (Lipinski definition) is 2. The molecule has 2 rings (SSSR count). The van der Waals surface area contributed by atoms with Crippen LogP contribution < -0.4 is 10.5 Å². The van der Waals surface area contributed by atoms with Crippen molar-refractivity contribution in [2.45, 2.75) is 37.6 Å². The van der Waals surface area contributed by atoms with Gasteiger partial charge in [-0.15, -0.1) is 0 Å². The van der Waals surface area contributed by atoms with Gasteiger partial charge in [-0.2, -0.15) is 0 Å². The van der Waals surface area contributed by atoms with Crippen LogP contribution in [0.2, 0.25) is 5.02 Å². The third-order valence-corrected chi connectivity index (χ3v) is 5.26. The van der Waals surface area contributed by atoms with Crippen molar-refractivity contribution in [1.29, 1.82) is 0 Å². The molecule has 4 nitrogen and oxygen atoms in total. The lowest BCUT2D eigenvalue weighted by Crippen LogP contribution is -2.43. The van der Waals surface area contributed by atoms with Crippen LogP contribution in [0.4, 0.5) is 5.69 Å². The maximum absolute atomic E-state index is 12.1. The fraction of sp³-hybridized carbons (Fsp3) is 0.500. The number of nitrogens with one attached hydrogen (secondary N) is 1. The molecule has 0 amide bonds. The Morgan fingerprint density at radius 3 is 2.50 bits per heavy atom. The Bertz CT molecular complexity index is 542. The highest BCUT2D eigenvalue weighted by molar-refractivity contribution is 7.89. The average molecular weight is 289 g/mol. The van der Waals surface area contributed by atoms with Crippen molar-refractivity contribution in [3.05, 3.63) is 22.7 Å². The molecule has 18 heavy (non-hydrogen) atoms. The fourth-order valence-electron chi connectivity index (χ4n) is 2.12. The van der Waals surface area contributed by atoms with E-state index in [4.69, 9.17) is 17.3 Å². The van der Waals surface area contributed by atoms with Gasteiger partial charge in [-0.25, -0.2) is 13.1 Å². The van der Waals surface area contributed by atoms with Crippen molar-refractivity contribution in [1.82, 2.24) is 4.72 Å². The first-order valence-corrected chi connectivity index (χ1v) is 7.73. The highest BCUT2D eigenvalue weighted by atomic mass is 35.5. The van der Waals surface area contributed by atoms with Gasteiger partial charge in [-0.05, 0) is 43.4 Å². The predicted octanol–water partition coefficient (Wildman–Crippen LogP) is 2.31. The Balaban J connectivity index is 2.24. The molecule has 1 saturated carbocycles. The number of sulfonamides is 1. The summed E-state index contributed by atoms with van der Waals surface area (Å²) in [5.41, 5.74) is 6.84. The van der Waals surface area contributed by atoms with E-state index in [0.29, 0.717) is 22.2 Å². The number of anilines is 1. The van der Waals surface area contributed by atoms with Crippen LogP contribution >= 0.6 is 11.6 Å². The monoisotopic (exact) mass is 288 g/mol. The van der Waals surface area contributed by atoms with Crippen molar-refractivity contribution >= 4 is 27.3 Å². The first-order chi connectivity index (χ1) is 8.29. The number of hydrogen-bond acceptors (Lipinski definition) is 3. The van der Waals surface area contributed by atoms with Gasteiger partial charge in [0, 0.05) is 16.8 Å². The zero-order chi connectivity index (χ0) is 13.5. The van der Waals surface area contributed by atoms with E-state index >= 15 is 0 Å². The summed E-state index contributed by atoms with van der Waals surface area (Å²) in [5.74, 6) is 0.587. The number of nitrogen functional groups attached to an aromatic ring is 1. The summed E-state index contributed by atoms with van der Waals surface area (Å²) in [6, 6.07) is 2.93. The Morgan fingerprint density at radius 2 is 2.00 bits per heavy atom. The molecule has 0 heterocycles. The third-order valence-electron chi connectivity index (χ3n) is 3.36. The Morgan fingerprint density at radius 1 is 1.39 bits per heavy atom. The minimum atomic E-state index is -3.52. The average Bonchev–Trinajstić information content (AvgIpc) is 2.22. The van der Waals surface area contributed by atoms with Crippen molar-refractivity contribution in [3.63, 3.8) is 0 Å². The molecule has 1 aliphatic rings. The largest absolute Gasteiger partial charge is 0.398 e. The van der Waals surface area contributed by atoms with Crippen LogP contribution in [0.3, 0.4) is 0 Å². The van der Waals surface area contributed by atoms with Crippen LogP contribution in [-0.2, 0) is 10.0 Å². The Labute approximate surface area is 113 Å². The minimum Gasteiger partial charge on any atom is -0.398 e. The van der Waals surface area contributed by atoms with Gasteiger partial charge in [-0.1, -0.05) is 18.5 Å². The molecular formula is C12H17ClN2O2S. The minimum absolute atomic E-state index is 0.0336. The molecular weight excluding hydrogens is 272 g/mol. The van der Waals surface area contributed by atoms with Gasteiger partial charge in [0.2, 0.25) is 10.0 Å². The van der Waals surface area contributed by atoms with Crippen LogP contribution in [0, 0.1) is 12.8 Å². The van der Waals surface area contributed by atoms with E-state index in [2.05, 4.69) is 11.6 Å². The summed E-state index contributed by atoms with van der Waals surface area (Å²) in [6.45, 7) is 3.86. The Hall–Kier alpha value is -0.780. The lowest BCUT2D eigenvalue weighted by Gasteiger charge is -2.32. The molecule has 1 aromatic rings. The molecule has 1 aromatic carbocycles. The van der Waals surface area contributed by atoms with E-state index in [9.17, 15) is 8.42 Å². The van der Waals surface area contributed by atoms with E-state index in [1.54, 1.807) is 6.92 Å². The van der Waals surface area contributed by atoms with Crippen molar-refractivity contribution in [2.24, 2.45) is 5.92 Å². The lowest BCUT2D eigenvalue weighted by molar-refractivity contribution is 0.270. The van der Waals surface area contributed by atoms with Crippen LogP contribution in [0.15, 0.2) is 17.0 Å². The highest BCUT2D eigenvalue weighted by Crippen LogP contribution is 2.30. The molecule has 6 heteroatoms. The first kappa shape index (κ1) is 13.6.